The number of esters is 3. The molecule has 0 amide bonds. The molecule has 2 N–H and O–H groups in total. The summed E-state index contributed by atoms with van der Waals surface area (Å²) in [4.78, 5) is 66.0. The van der Waals surface area contributed by atoms with Crippen LogP contribution < -0.4 is 0 Å². The molecule has 0 aromatic rings. The minimum absolute atomic E-state index is 0.156. The first-order valence-corrected chi connectivity index (χ1v) is 23.5. The number of nitrogens with zero attached hydrogens (tertiary/aromatic N) is 1. The highest BCUT2D eigenvalue weighted by Crippen LogP contribution is 2.70. The maximum atomic E-state index is 17.5. The van der Waals surface area contributed by atoms with E-state index < -0.39 is 76.4 Å². The molecule has 4 aliphatic rings. The Hall–Kier alpha value is -3.48. The van der Waals surface area contributed by atoms with Crippen LogP contribution in [0, 0.1) is 28.6 Å². The van der Waals surface area contributed by atoms with Gasteiger partial charge in [0.1, 0.15) is 18.3 Å². The molecule has 1 unspecified atom stereocenters. The number of fused-ring (bicyclic) bond motifs is 5. The highest BCUT2D eigenvalue weighted by molar-refractivity contribution is 6.01. The van der Waals surface area contributed by atoms with E-state index >= 15 is 4.39 Å². The maximum absolute atomic E-state index is 17.5. The highest BCUT2D eigenvalue weighted by atomic mass is 19.1. The molecule has 3 fully saturated rings. The van der Waals surface area contributed by atoms with Crippen LogP contribution in [0.3, 0.4) is 0 Å². The fourth-order valence-electron chi connectivity index (χ4n) is 10.8. The van der Waals surface area contributed by atoms with E-state index in [1.807, 2.05) is 19.0 Å². The predicted octanol–water partition coefficient (Wildman–Crippen LogP) is 8.45. The Bertz CT molecular complexity index is 1670. The van der Waals surface area contributed by atoms with Gasteiger partial charge in [-0.1, -0.05) is 88.8 Å². The minimum atomic E-state index is -2.11. The zero-order valence-corrected chi connectivity index (χ0v) is 38.5. The van der Waals surface area contributed by atoms with Gasteiger partial charge in [0.15, 0.2) is 18.1 Å². The summed E-state index contributed by atoms with van der Waals surface area (Å²) in [6.07, 6.45) is 24.1. The van der Waals surface area contributed by atoms with Gasteiger partial charge in [0.05, 0.1) is 18.9 Å². The predicted molar refractivity (Wildman–Crippen MR) is 236 cm³/mol. The molecule has 9 atom stereocenters. The van der Waals surface area contributed by atoms with Gasteiger partial charge in [0.2, 0.25) is 5.78 Å². The first-order chi connectivity index (χ1) is 29.4. The Morgan fingerprint density at radius 3 is 2.23 bits per heavy atom. The van der Waals surface area contributed by atoms with Crippen LogP contribution in [0.25, 0.3) is 0 Å². The third kappa shape index (κ3) is 12.2. The van der Waals surface area contributed by atoms with E-state index in [2.05, 4.69) is 31.2 Å². The first-order valence-electron chi connectivity index (χ1n) is 23.5. The zero-order chi connectivity index (χ0) is 45.6. The van der Waals surface area contributed by atoms with Gasteiger partial charge in [-0.2, -0.15) is 0 Å². The third-order valence-corrected chi connectivity index (χ3v) is 14.5. The molecular weight excluding hydrogens is 794 g/mol. The first kappa shape index (κ1) is 51.2. The fourth-order valence-corrected chi connectivity index (χ4v) is 10.8. The molecule has 0 saturated heterocycles. The summed E-state index contributed by atoms with van der Waals surface area (Å²) in [5.41, 5.74) is -5.87. The number of alkyl halides is 1. The molecule has 0 radical (unpaired) electrons. The lowest BCUT2D eigenvalue weighted by molar-refractivity contribution is -0.220. The topological polar surface area (TPSA) is 157 Å². The molecule has 0 heterocycles. The zero-order valence-electron chi connectivity index (χ0n) is 38.5. The van der Waals surface area contributed by atoms with Gasteiger partial charge in [-0.25, -0.2) is 4.39 Å². The number of hydrogen-bond acceptors (Lipinski definition) is 11. The SMILES string of the molecule is CCCCC/C=C\C/C=C\CCCCCCCC(=O)O[C@H](CCN(C)C)COC(=O)CCC(=O)OCC(=O)[C@@]1(O)[C@H](C)CC2[C@@H]3CCC4=CC(=O)C=C[C@]4(C)[C@@]3(F)[C@@H](O)C[C@@]21C. The van der Waals surface area contributed by atoms with Crippen molar-refractivity contribution in [1.29, 1.82) is 0 Å². The summed E-state index contributed by atoms with van der Waals surface area (Å²) in [6.45, 7) is 7.07. The number of carbonyl (C=O) groups excluding carboxylic acids is 5. The number of ketones is 2. The molecule has 0 aromatic carbocycles. The average Bonchev–Trinajstić information content (AvgIpc) is 3.43. The van der Waals surface area contributed by atoms with Crippen molar-refractivity contribution in [2.45, 2.75) is 173 Å². The summed E-state index contributed by atoms with van der Waals surface area (Å²) < 4.78 is 33.8. The fraction of sp³-hybridized carbons (Fsp3) is 0.740. The number of halogens is 1. The Kier molecular flexibility index (Phi) is 19.3. The molecule has 0 spiro atoms. The summed E-state index contributed by atoms with van der Waals surface area (Å²) in [6, 6.07) is 0. The van der Waals surface area contributed by atoms with Crippen molar-refractivity contribution in [3.05, 3.63) is 48.1 Å². The Balaban J connectivity index is 1.17. The number of hydrogen-bond donors (Lipinski definition) is 2. The molecule has 0 aromatic heterocycles. The number of ether oxygens (including phenoxy) is 3. The Morgan fingerprint density at radius 2 is 1.55 bits per heavy atom. The lowest BCUT2D eigenvalue weighted by Crippen LogP contribution is -2.69. The lowest BCUT2D eigenvalue weighted by Gasteiger charge is -2.62. The maximum Gasteiger partial charge on any atom is 0.306 e. The lowest BCUT2D eigenvalue weighted by atomic mass is 9.44. The van der Waals surface area contributed by atoms with Gasteiger partial charge in [-0.3, -0.25) is 24.0 Å². The van der Waals surface area contributed by atoms with Gasteiger partial charge in [-0.15, -0.1) is 0 Å². The number of Topliss-reactive ketones (excluding diaryl/α,β-unsaturated/α-hetero) is 1. The number of allylic oxidation sites excluding steroid dienone is 8. The van der Waals surface area contributed by atoms with E-state index in [1.54, 1.807) is 26.8 Å². The van der Waals surface area contributed by atoms with Crippen molar-refractivity contribution in [2.24, 2.45) is 28.6 Å². The van der Waals surface area contributed by atoms with E-state index in [0.717, 1.165) is 51.4 Å². The van der Waals surface area contributed by atoms with Crippen molar-refractivity contribution >= 4 is 29.5 Å². The van der Waals surface area contributed by atoms with Gasteiger partial charge in [-0.05, 0) is 109 Å². The molecule has 348 valence electrons. The van der Waals surface area contributed by atoms with Crippen molar-refractivity contribution in [1.82, 2.24) is 4.90 Å². The quantitative estimate of drug-likeness (QED) is 0.0372. The minimum Gasteiger partial charge on any atom is -0.462 e. The molecule has 4 aliphatic carbocycles. The Morgan fingerprint density at radius 1 is 0.903 bits per heavy atom. The van der Waals surface area contributed by atoms with Crippen LogP contribution in [0.4, 0.5) is 4.39 Å². The van der Waals surface area contributed by atoms with Crippen molar-refractivity contribution < 1.29 is 52.8 Å². The second-order valence-corrected chi connectivity index (χ2v) is 19.1. The summed E-state index contributed by atoms with van der Waals surface area (Å²) >= 11 is 0. The number of unbranched alkanes of at least 4 members (excludes halogenated alkanes) is 8. The van der Waals surface area contributed by atoms with E-state index in [-0.39, 0.29) is 44.0 Å². The second kappa shape index (κ2) is 23.4. The summed E-state index contributed by atoms with van der Waals surface area (Å²) in [5.74, 6) is -4.56. The van der Waals surface area contributed by atoms with Crippen molar-refractivity contribution in [3.63, 3.8) is 0 Å². The van der Waals surface area contributed by atoms with Gasteiger partial charge >= 0.3 is 17.9 Å². The molecule has 62 heavy (non-hydrogen) atoms. The van der Waals surface area contributed by atoms with Crippen LogP contribution in [0.1, 0.15) is 150 Å². The molecule has 0 aliphatic heterocycles. The van der Waals surface area contributed by atoms with Gasteiger partial charge in [0.25, 0.3) is 0 Å². The normalized spacial score (nSPS) is 30.8. The molecule has 0 bridgehead atoms. The van der Waals surface area contributed by atoms with Crippen molar-refractivity contribution in [2.75, 3.05) is 33.9 Å². The van der Waals surface area contributed by atoms with Crippen LogP contribution >= 0.6 is 0 Å². The third-order valence-electron chi connectivity index (χ3n) is 14.5. The second-order valence-electron chi connectivity index (χ2n) is 19.1. The average molecular weight is 870 g/mol. The van der Waals surface area contributed by atoms with Gasteiger partial charge in [0, 0.05) is 36.1 Å². The smallest absolute Gasteiger partial charge is 0.306 e. The van der Waals surface area contributed by atoms with E-state index in [0.29, 0.717) is 37.8 Å². The molecule has 11 nitrogen and oxygen atoms in total. The van der Waals surface area contributed by atoms with E-state index in [9.17, 15) is 34.2 Å². The number of aliphatic hydroxyl groups is 2. The molecule has 4 rings (SSSR count). The number of aliphatic hydroxyl groups excluding tert-OH is 1. The van der Waals surface area contributed by atoms with E-state index in [4.69, 9.17) is 14.2 Å². The Labute approximate surface area is 370 Å². The number of rotatable bonds is 26. The molecule has 3 saturated carbocycles. The highest BCUT2D eigenvalue weighted by Gasteiger charge is 2.75. The molecular formula is C50H76FNO10. The largest absolute Gasteiger partial charge is 0.462 e. The van der Waals surface area contributed by atoms with E-state index in [1.165, 1.54) is 31.4 Å². The summed E-state index contributed by atoms with van der Waals surface area (Å²) in [7, 11) is 3.79. The van der Waals surface area contributed by atoms with Gasteiger partial charge < -0.3 is 29.3 Å². The summed E-state index contributed by atoms with van der Waals surface area (Å²) in [5, 5.41) is 23.8. The van der Waals surface area contributed by atoms with Crippen molar-refractivity contribution in [3.8, 4) is 0 Å². The number of carbonyl (C=O) groups is 5. The standard InChI is InChI=1S/C50H76FNO10/c1-7-8-9-10-11-12-13-14-15-16-17-18-19-20-21-22-46(58)62-39(28-30-52(5)6)34-60-44(56)25-26-45(57)61-35-43(55)50(59)36(2)31-41-40-24-23-37-32-38(53)27-29-47(37,3)49(40,51)42(54)33-48(41,50)4/h11-12,14-15,27,29,32,36,39-42,54,59H,7-10,13,16-26,28,30-31,33-35H2,1-6H3/b12-11-,15-14-/t36-,39-,40+,41?,42+,47+,48+,49+,50+/m1/s1. The van der Waals surface area contributed by atoms with Crippen LogP contribution in [-0.4, -0.2) is 102 Å². The van der Waals surface area contributed by atoms with Crippen LogP contribution in [-0.2, 0) is 38.2 Å². The monoisotopic (exact) mass is 870 g/mol. The molecule has 12 heteroatoms. The van der Waals surface area contributed by atoms with Crippen LogP contribution in [0.2, 0.25) is 0 Å². The van der Waals surface area contributed by atoms with Crippen LogP contribution in [0.5, 0.6) is 0 Å². The van der Waals surface area contributed by atoms with Crippen LogP contribution in [0.15, 0.2) is 48.1 Å².